The van der Waals surface area contributed by atoms with E-state index in [-0.39, 0.29) is 0 Å². The van der Waals surface area contributed by atoms with E-state index in [0.29, 0.717) is 0 Å². The van der Waals surface area contributed by atoms with E-state index in [2.05, 4.69) is 22.5 Å². The minimum atomic E-state index is -4.17. The van der Waals surface area contributed by atoms with E-state index in [1.165, 1.54) is 0 Å². The molecular weight excluding hydrogens is 353 g/mol. The molecule has 0 saturated carbocycles. The molecule has 0 saturated heterocycles. The summed E-state index contributed by atoms with van der Waals surface area (Å²) >= 11 is 8.39. The van der Waals surface area contributed by atoms with Crippen molar-refractivity contribution in [2.24, 2.45) is 5.41 Å². The van der Waals surface area contributed by atoms with Gasteiger partial charge in [-0.15, -0.1) is 0 Å². The van der Waals surface area contributed by atoms with Gasteiger partial charge >= 0.3 is 13.9 Å². The Labute approximate surface area is 118 Å². The summed E-state index contributed by atoms with van der Waals surface area (Å²) in [6.45, 7) is -9.96. The summed E-state index contributed by atoms with van der Waals surface area (Å²) < 4.78 is 18.2. The highest BCUT2D eigenvalue weighted by Gasteiger charge is 2.26. The number of hydrogen-bond acceptors (Lipinski definition) is 6. The first-order valence-corrected chi connectivity index (χ1v) is 9.22. The van der Waals surface area contributed by atoms with E-state index in [0.717, 1.165) is 0 Å². The Bertz CT molecular complexity index is 242. The predicted octanol–water partition coefficient (Wildman–Crippen LogP) is -1.42. The van der Waals surface area contributed by atoms with Crippen LogP contribution in [0.4, 0.5) is 0 Å². The smallest absolute Gasteiger partial charge is 0.396 e. The highest BCUT2D eigenvalue weighted by Crippen LogP contribution is 2.40. The normalized spacial score (nSPS) is 11.9. The molecule has 0 spiro atoms. The van der Waals surface area contributed by atoms with Crippen LogP contribution in [-0.4, -0.2) is 66.4 Å². The second-order valence-electron chi connectivity index (χ2n) is 3.08. The second kappa shape index (κ2) is 11.4. The van der Waals surface area contributed by atoms with Gasteiger partial charge in [-0.2, -0.15) is 0 Å². The molecule has 0 radical (unpaired) electrons. The Morgan fingerprint density at radius 1 is 0.684 bits per heavy atom. The molecule has 19 heavy (non-hydrogen) atoms. The van der Waals surface area contributed by atoms with Gasteiger partial charge in [0.25, 0.3) is 0 Å². The van der Waals surface area contributed by atoms with Gasteiger partial charge in [0, 0.05) is 22.5 Å². The maximum atomic E-state index is 9.09. The fourth-order valence-electron chi connectivity index (χ4n) is 0.300. The van der Waals surface area contributed by atoms with Crippen molar-refractivity contribution < 1.29 is 49.1 Å². The van der Waals surface area contributed by atoms with Gasteiger partial charge in [-0.1, -0.05) is 0 Å². The highest BCUT2D eigenvalue weighted by molar-refractivity contribution is 7.80. The van der Waals surface area contributed by atoms with Gasteiger partial charge < -0.3 is 40.0 Å². The SMILES string of the molecule is O=P(O)(O)Cl.O=P(O)(O)Cl.OCC(CO)(CO)CO. The Balaban J connectivity index is -0.000000219. The van der Waals surface area contributed by atoms with Crippen molar-refractivity contribution in [3.05, 3.63) is 0 Å². The predicted molar refractivity (Wildman–Crippen MR) is 66.6 cm³/mol. The number of halogens is 2. The molecule has 0 fully saturated rings. The minimum Gasteiger partial charge on any atom is -0.396 e. The van der Waals surface area contributed by atoms with E-state index < -0.39 is 45.7 Å². The van der Waals surface area contributed by atoms with Crippen molar-refractivity contribution in [1.29, 1.82) is 0 Å². The van der Waals surface area contributed by atoms with Crippen LogP contribution in [-0.2, 0) is 9.13 Å². The lowest BCUT2D eigenvalue weighted by Crippen LogP contribution is -2.37. The molecule has 10 nitrogen and oxygen atoms in total. The van der Waals surface area contributed by atoms with Crippen LogP contribution in [0.3, 0.4) is 0 Å². The molecule has 0 unspecified atom stereocenters. The van der Waals surface area contributed by atoms with Crippen LogP contribution < -0.4 is 0 Å². The van der Waals surface area contributed by atoms with E-state index in [9.17, 15) is 0 Å². The van der Waals surface area contributed by atoms with Crippen LogP contribution in [0.1, 0.15) is 0 Å². The van der Waals surface area contributed by atoms with Crippen molar-refractivity contribution in [1.82, 2.24) is 0 Å². The van der Waals surface area contributed by atoms with Gasteiger partial charge in [-0.3, -0.25) is 0 Å². The Hall–Kier alpha value is 0.720. The van der Waals surface area contributed by atoms with Crippen molar-refractivity contribution in [3.8, 4) is 0 Å². The zero-order chi connectivity index (χ0) is 16.3. The van der Waals surface area contributed by atoms with Gasteiger partial charge in [0.05, 0.1) is 31.8 Å². The number of rotatable bonds is 4. The average molecular weight is 369 g/mol. The third-order valence-electron chi connectivity index (χ3n) is 1.34. The van der Waals surface area contributed by atoms with Crippen LogP contribution in [0, 0.1) is 5.41 Å². The Kier molecular flexibility index (Phi) is 14.8. The summed E-state index contributed by atoms with van der Waals surface area (Å²) in [6, 6.07) is 0. The van der Waals surface area contributed by atoms with Gasteiger partial charge in [0.1, 0.15) is 0 Å². The average Bonchev–Trinajstić information content (AvgIpc) is 2.17. The zero-order valence-electron chi connectivity index (χ0n) is 9.37. The first kappa shape index (κ1) is 24.7. The molecule has 0 aliphatic heterocycles. The summed E-state index contributed by atoms with van der Waals surface area (Å²) in [5, 5.41) is 34.0. The molecule has 120 valence electrons. The van der Waals surface area contributed by atoms with Crippen molar-refractivity contribution in [2.75, 3.05) is 26.4 Å². The second-order valence-corrected chi connectivity index (χ2v) is 7.61. The topological polar surface area (TPSA) is 196 Å². The lowest BCUT2D eigenvalue weighted by molar-refractivity contribution is -0.0328. The molecule has 0 aromatic rings. The molecule has 0 rings (SSSR count). The molecule has 0 aliphatic rings. The minimum absolute atomic E-state index is 0.406. The molecule has 0 aromatic carbocycles. The van der Waals surface area contributed by atoms with E-state index >= 15 is 0 Å². The largest absolute Gasteiger partial charge is 0.419 e. The van der Waals surface area contributed by atoms with E-state index in [4.69, 9.17) is 49.1 Å². The zero-order valence-corrected chi connectivity index (χ0v) is 12.7. The first-order chi connectivity index (χ1) is 8.24. The van der Waals surface area contributed by atoms with Crippen LogP contribution in [0.2, 0.25) is 0 Å². The maximum absolute atomic E-state index is 9.09. The van der Waals surface area contributed by atoms with Crippen LogP contribution in [0.15, 0.2) is 0 Å². The third-order valence-corrected chi connectivity index (χ3v) is 1.34. The van der Waals surface area contributed by atoms with Crippen molar-refractivity contribution in [2.45, 2.75) is 0 Å². The summed E-state index contributed by atoms with van der Waals surface area (Å²) in [4.78, 5) is 29.6. The third kappa shape index (κ3) is 32.3. The quantitative estimate of drug-likeness (QED) is 0.272. The van der Waals surface area contributed by atoms with Gasteiger partial charge in [-0.05, 0) is 0 Å². The summed E-state index contributed by atoms with van der Waals surface area (Å²) in [5.74, 6) is 0. The summed E-state index contributed by atoms with van der Waals surface area (Å²) in [5.41, 5.74) is -1.11. The molecular formula is C5H16Cl2O10P2. The van der Waals surface area contributed by atoms with Crippen LogP contribution in [0.5, 0.6) is 0 Å². The van der Waals surface area contributed by atoms with E-state index in [1.54, 1.807) is 0 Å². The molecule has 0 amide bonds. The number of aliphatic hydroxyl groups excluding tert-OH is 4. The number of aliphatic hydroxyl groups is 4. The van der Waals surface area contributed by atoms with Crippen LogP contribution in [0.25, 0.3) is 0 Å². The van der Waals surface area contributed by atoms with E-state index in [1.807, 2.05) is 0 Å². The first-order valence-electron chi connectivity index (χ1n) is 4.18. The molecule has 0 aliphatic carbocycles. The molecule has 0 heterocycles. The molecule has 0 atom stereocenters. The fraction of sp³-hybridized carbons (Fsp3) is 1.00. The highest BCUT2D eigenvalue weighted by atomic mass is 35.7. The monoisotopic (exact) mass is 368 g/mol. The molecule has 14 heteroatoms. The van der Waals surface area contributed by atoms with Crippen molar-refractivity contribution in [3.63, 3.8) is 0 Å². The lowest BCUT2D eigenvalue weighted by atomic mass is 9.93. The standard InChI is InChI=1S/C5H12O4.2ClH2O3P/c6-1-5(2-7,3-8)4-9;2*1-5(2,3)4/h6-9H,1-4H2;2*(H2,2,3,4). The molecule has 8 N–H and O–H groups in total. The molecule has 0 aromatic heterocycles. The Morgan fingerprint density at radius 2 is 0.789 bits per heavy atom. The van der Waals surface area contributed by atoms with Crippen molar-refractivity contribution >= 4 is 36.4 Å². The fourth-order valence-corrected chi connectivity index (χ4v) is 0.300. The Morgan fingerprint density at radius 3 is 0.789 bits per heavy atom. The number of hydrogen-bond donors (Lipinski definition) is 8. The summed E-state index contributed by atoms with van der Waals surface area (Å²) in [7, 11) is 0. The van der Waals surface area contributed by atoms with Gasteiger partial charge in [0.2, 0.25) is 0 Å². The van der Waals surface area contributed by atoms with Gasteiger partial charge in [-0.25, -0.2) is 9.13 Å². The van der Waals surface area contributed by atoms with Gasteiger partial charge in [0.15, 0.2) is 0 Å². The van der Waals surface area contributed by atoms with Crippen LogP contribution >= 0.6 is 36.4 Å². The molecule has 0 bridgehead atoms. The summed E-state index contributed by atoms with van der Waals surface area (Å²) in [6.07, 6.45) is 0. The lowest BCUT2D eigenvalue weighted by Gasteiger charge is -2.23. The maximum Gasteiger partial charge on any atom is 0.419 e.